The van der Waals surface area contributed by atoms with E-state index in [4.69, 9.17) is 0 Å². The summed E-state index contributed by atoms with van der Waals surface area (Å²) in [5.41, 5.74) is 5.62. The first-order chi connectivity index (χ1) is 15.5. The highest BCUT2D eigenvalue weighted by atomic mass is 16.2. The van der Waals surface area contributed by atoms with E-state index in [2.05, 4.69) is 24.4 Å². The molecule has 1 N–H and O–H groups in total. The molecule has 0 aliphatic heterocycles. The topological polar surface area (TPSA) is 70.0 Å². The normalized spacial score (nSPS) is 23.0. The molecule has 1 amide bonds. The Morgan fingerprint density at radius 3 is 2.59 bits per heavy atom. The third-order valence-electron chi connectivity index (χ3n) is 7.49. The van der Waals surface area contributed by atoms with Crippen molar-refractivity contribution in [1.29, 1.82) is 5.26 Å². The lowest BCUT2D eigenvalue weighted by Gasteiger charge is -2.30. The van der Waals surface area contributed by atoms with Crippen LogP contribution in [0.4, 0.5) is 5.69 Å². The number of nitrogens with one attached hydrogen (secondary N) is 1. The zero-order valence-corrected chi connectivity index (χ0v) is 19.1. The fraction of sp³-hybridized carbons (Fsp3) is 0.464. The quantitative estimate of drug-likeness (QED) is 0.594. The van der Waals surface area contributed by atoms with E-state index in [0.717, 1.165) is 62.5 Å². The molecule has 2 aromatic carbocycles. The van der Waals surface area contributed by atoms with Crippen LogP contribution in [0.15, 0.2) is 36.4 Å². The van der Waals surface area contributed by atoms with Crippen LogP contribution in [0.1, 0.15) is 77.6 Å². The molecular formula is C28H32N2O2. The fourth-order valence-corrected chi connectivity index (χ4v) is 5.49. The molecule has 0 aromatic heterocycles. The van der Waals surface area contributed by atoms with Crippen molar-refractivity contribution in [3.63, 3.8) is 0 Å². The summed E-state index contributed by atoms with van der Waals surface area (Å²) in [5.74, 6) is 1.01. The standard InChI is InChI=1S/C28H32N2O2/c1-18-9-14-24(16-23(18)17-29)30-28(32)21-12-10-20(11-13-21)15-22-6-4-7-25-19(2)5-3-8-26(25)27(22)31/h3,5,8-9,14,16,20-22H,4,6-7,10-13,15H2,1-2H3,(H,30,32). The van der Waals surface area contributed by atoms with Crippen LogP contribution >= 0.6 is 0 Å². The Balaban J connectivity index is 1.32. The molecule has 2 aliphatic rings. The molecule has 4 heteroatoms. The van der Waals surface area contributed by atoms with Crippen molar-refractivity contribution in [2.45, 2.75) is 65.2 Å². The Kier molecular flexibility index (Phi) is 6.74. The van der Waals surface area contributed by atoms with Gasteiger partial charge in [0.2, 0.25) is 5.91 Å². The molecule has 1 fully saturated rings. The molecule has 0 heterocycles. The predicted molar refractivity (Wildman–Crippen MR) is 127 cm³/mol. The van der Waals surface area contributed by atoms with E-state index in [-0.39, 0.29) is 17.7 Å². The summed E-state index contributed by atoms with van der Waals surface area (Å²) in [4.78, 5) is 26.0. The number of nitrogens with zero attached hydrogens (tertiary/aromatic N) is 1. The number of hydrogen-bond acceptors (Lipinski definition) is 3. The first-order valence-electron chi connectivity index (χ1n) is 11.9. The maximum absolute atomic E-state index is 13.2. The van der Waals surface area contributed by atoms with Gasteiger partial charge in [-0.2, -0.15) is 5.26 Å². The maximum atomic E-state index is 13.2. The summed E-state index contributed by atoms with van der Waals surface area (Å²) in [6.45, 7) is 4.00. The number of carbonyl (C=O) groups excluding carboxylic acids is 2. The zero-order chi connectivity index (χ0) is 22.7. The first-order valence-corrected chi connectivity index (χ1v) is 11.9. The number of rotatable bonds is 4. The SMILES string of the molecule is Cc1ccc(NC(=O)C2CCC(CC3CCCc4c(C)cccc4C3=O)CC2)cc1C#N. The van der Waals surface area contributed by atoms with E-state index in [1.807, 2.05) is 31.2 Å². The molecule has 166 valence electrons. The highest BCUT2D eigenvalue weighted by Gasteiger charge is 2.32. The zero-order valence-electron chi connectivity index (χ0n) is 19.1. The summed E-state index contributed by atoms with van der Waals surface area (Å²) in [7, 11) is 0. The second kappa shape index (κ2) is 9.69. The molecule has 1 atom stereocenters. The van der Waals surface area contributed by atoms with Crippen LogP contribution in [-0.4, -0.2) is 11.7 Å². The maximum Gasteiger partial charge on any atom is 0.227 e. The van der Waals surface area contributed by atoms with Gasteiger partial charge in [0.25, 0.3) is 0 Å². The van der Waals surface area contributed by atoms with E-state index in [1.54, 1.807) is 6.07 Å². The molecule has 0 spiro atoms. The summed E-state index contributed by atoms with van der Waals surface area (Å²) in [5, 5.41) is 12.2. The van der Waals surface area contributed by atoms with Crippen molar-refractivity contribution in [2.24, 2.45) is 17.8 Å². The number of nitriles is 1. The van der Waals surface area contributed by atoms with Gasteiger partial charge >= 0.3 is 0 Å². The number of benzene rings is 2. The highest BCUT2D eigenvalue weighted by molar-refractivity contribution is 5.99. The average Bonchev–Trinajstić information content (AvgIpc) is 2.95. The van der Waals surface area contributed by atoms with Gasteiger partial charge in [-0.15, -0.1) is 0 Å². The number of fused-ring (bicyclic) bond motifs is 1. The van der Waals surface area contributed by atoms with E-state index in [9.17, 15) is 14.9 Å². The second-order valence-corrected chi connectivity index (χ2v) is 9.64. The predicted octanol–water partition coefficient (Wildman–Crippen LogP) is 6.15. The van der Waals surface area contributed by atoms with Crippen molar-refractivity contribution in [3.8, 4) is 6.07 Å². The molecular weight excluding hydrogens is 396 g/mol. The number of anilines is 1. The van der Waals surface area contributed by atoms with Crippen molar-refractivity contribution in [2.75, 3.05) is 5.32 Å². The minimum absolute atomic E-state index is 0.00583. The minimum Gasteiger partial charge on any atom is -0.326 e. The van der Waals surface area contributed by atoms with Gasteiger partial charge in [0.15, 0.2) is 5.78 Å². The molecule has 4 nitrogen and oxygen atoms in total. The Morgan fingerprint density at radius 1 is 1.06 bits per heavy atom. The van der Waals surface area contributed by atoms with Gasteiger partial charge in [-0.05, 0) is 100.0 Å². The third-order valence-corrected chi connectivity index (χ3v) is 7.49. The minimum atomic E-state index is 0.00583. The number of carbonyl (C=O) groups is 2. The lowest BCUT2D eigenvalue weighted by atomic mass is 9.76. The van der Waals surface area contributed by atoms with E-state index in [1.165, 1.54) is 11.1 Å². The average molecular weight is 429 g/mol. The first kappa shape index (κ1) is 22.3. The van der Waals surface area contributed by atoms with Gasteiger partial charge < -0.3 is 5.32 Å². The Hall–Kier alpha value is -2.93. The Labute approximate surface area is 191 Å². The summed E-state index contributed by atoms with van der Waals surface area (Å²) < 4.78 is 0. The molecule has 2 aliphatic carbocycles. The molecule has 0 radical (unpaired) electrons. The van der Waals surface area contributed by atoms with E-state index < -0.39 is 0 Å². The van der Waals surface area contributed by atoms with Crippen LogP contribution in [0, 0.1) is 42.9 Å². The summed E-state index contributed by atoms with van der Waals surface area (Å²) >= 11 is 0. The largest absolute Gasteiger partial charge is 0.326 e. The third kappa shape index (κ3) is 4.78. The number of ketones is 1. The van der Waals surface area contributed by atoms with Gasteiger partial charge in [0, 0.05) is 23.1 Å². The molecule has 1 unspecified atom stereocenters. The number of amides is 1. The molecule has 1 saturated carbocycles. The Bertz CT molecular complexity index is 1060. The van der Waals surface area contributed by atoms with E-state index in [0.29, 0.717) is 23.0 Å². The number of aryl methyl sites for hydroxylation is 2. The lowest BCUT2D eigenvalue weighted by molar-refractivity contribution is -0.121. The molecule has 2 aromatic rings. The van der Waals surface area contributed by atoms with Gasteiger partial charge in [-0.3, -0.25) is 9.59 Å². The van der Waals surface area contributed by atoms with Gasteiger partial charge in [-0.1, -0.05) is 24.3 Å². The van der Waals surface area contributed by atoms with Gasteiger partial charge in [-0.25, -0.2) is 0 Å². The smallest absolute Gasteiger partial charge is 0.227 e. The molecule has 0 bridgehead atoms. The van der Waals surface area contributed by atoms with Gasteiger partial charge in [0.1, 0.15) is 0 Å². The van der Waals surface area contributed by atoms with Crippen molar-refractivity contribution in [1.82, 2.24) is 0 Å². The van der Waals surface area contributed by atoms with Crippen LogP contribution in [-0.2, 0) is 11.2 Å². The second-order valence-electron chi connectivity index (χ2n) is 9.64. The van der Waals surface area contributed by atoms with E-state index >= 15 is 0 Å². The van der Waals surface area contributed by atoms with Crippen LogP contribution in [0.5, 0.6) is 0 Å². The van der Waals surface area contributed by atoms with Gasteiger partial charge in [0.05, 0.1) is 11.6 Å². The number of hydrogen-bond donors (Lipinski definition) is 1. The van der Waals surface area contributed by atoms with Crippen LogP contribution < -0.4 is 5.32 Å². The van der Waals surface area contributed by atoms with Crippen LogP contribution in [0.2, 0.25) is 0 Å². The Morgan fingerprint density at radius 2 is 1.84 bits per heavy atom. The number of Topliss-reactive ketones (excluding diaryl/α,β-unsaturated/α-hetero) is 1. The fourth-order valence-electron chi connectivity index (χ4n) is 5.49. The van der Waals surface area contributed by atoms with Crippen molar-refractivity contribution >= 4 is 17.4 Å². The van der Waals surface area contributed by atoms with Crippen LogP contribution in [0.25, 0.3) is 0 Å². The summed E-state index contributed by atoms with van der Waals surface area (Å²) in [6, 6.07) is 13.8. The van der Waals surface area contributed by atoms with Crippen molar-refractivity contribution in [3.05, 3.63) is 64.2 Å². The monoisotopic (exact) mass is 428 g/mol. The summed E-state index contributed by atoms with van der Waals surface area (Å²) in [6.07, 6.45) is 7.73. The molecule has 0 saturated heterocycles. The molecule has 32 heavy (non-hydrogen) atoms. The molecule has 4 rings (SSSR count). The van der Waals surface area contributed by atoms with Crippen LogP contribution in [0.3, 0.4) is 0 Å². The lowest BCUT2D eigenvalue weighted by Crippen LogP contribution is -2.28. The highest BCUT2D eigenvalue weighted by Crippen LogP contribution is 2.37. The van der Waals surface area contributed by atoms with Crippen molar-refractivity contribution < 1.29 is 9.59 Å².